The Labute approximate surface area is 200 Å². The molecule has 3 aromatic rings. The summed E-state index contributed by atoms with van der Waals surface area (Å²) < 4.78 is 7.15. The molecule has 0 amide bonds. The number of nitriles is 1. The van der Waals surface area contributed by atoms with Crippen molar-refractivity contribution in [1.82, 2.24) is 9.55 Å². The van der Waals surface area contributed by atoms with Gasteiger partial charge in [-0.25, -0.2) is 9.78 Å². The molecule has 1 aromatic carbocycles. The van der Waals surface area contributed by atoms with Crippen LogP contribution in [0.3, 0.4) is 0 Å². The number of thiophene rings is 1. The molecule has 1 atom stereocenters. The summed E-state index contributed by atoms with van der Waals surface area (Å²) in [6, 6.07) is 8.38. The molecule has 3 heterocycles. The third-order valence-electron chi connectivity index (χ3n) is 6.90. The lowest BCUT2D eigenvalue weighted by Gasteiger charge is -2.23. The summed E-state index contributed by atoms with van der Waals surface area (Å²) in [6.07, 6.45) is 8.49. The van der Waals surface area contributed by atoms with Crippen LogP contribution < -0.4 is 4.90 Å². The number of carbonyl (C=O) groups is 1. The number of benzene rings is 1. The van der Waals surface area contributed by atoms with E-state index in [1.54, 1.807) is 0 Å². The molecule has 1 saturated heterocycles. The van der Waals surface area contributed by atoms with E-state index < -0.39 is 10.9 Å². The zero-order valence-electron chi connectivity index (χ0n) is 18.9. The highest BCUT2D eigenvalue weighted by Crippen LogP contribution is 2.48. The van der Waals surface area contributed by atoms with Crippen LogP contribution in [0.5, 0.6) is 0 Å². The fourth-order valence-corrected chi connectivity index (χ4v) is 6.45. The summed E-state index contributed by atoms with van der Waals surface area (Å²) in [5.74, 6) is -0.914. The number of hydrogen-bond donors (Lipinski definition) is 0. The van der Waals surface area contributed by atoms with Gasteiger partial charge in [-0.3, -0.25) is 10.1 Å². The summed E-state index contributed by atoms with van der Waals surface area (Å²) in [7, 11) is 1.22. The number of fused-ring (bicyclic) bond motifs is 1. The highest BCUT2D eigenvalue weighted by molar-refractivity contribution is 7.20. The molecule has 0 N–H and O–H groups in total. The molecule has 2 fully saturated rings. The Bertz CT molecular complexity index is 1300. The highest BCUT2D eigenvalue weighted by Gasteiger charge is 2.38. The van der Waals surface area contributed by atoms with Crippen molar-refractivity contribution in [2.75, 3.05) is 25.1 Å². The smallest absolute Gasteiger partial charge is 0.347 e. The first kappa shape index (κ1) is 22.3. The summed E-state index contributed by atoms with van der Waals surface area (Å²) in [5.41, 5.74) is 2.14. The van der Waals surface area contributed by atoms with Gasteiger partial charge < -0.3 is 14.2 Å². The second-order valence-electron chi connectivity index (χ2n) is 8.92. The number of anilines is 1. The van der Waals surface area contributed by atoms with Crippen molar-refractivity contribution < 1.29 is 14.5 Å². The predicted molar refractivity (Wildman–Crippen MR) is 129 cm³/mol. The van der Waals surface area contributed by atoms with Gasteiger partial charge in [0, 0.05) is 24.7 Å². The normalized spacial score (nSPS) is 18.8. The molecule has 1 aliphatic carbocycles. The number of hydrogen-bond acceptors (Lipinski definition) is 8. The fourth-order valence-electron chi connectivity index (χ4n) is 5.16. The summed E-state index contributed by atoms with van der Waals surface area (Å²) in [6.45, 7) is 0.993. The lowest BCUT2D eigenvalue weighted by Crippen LogP contribution is -2.21. The maximum atomic E-state index is 12.7. The first-order valence-corrected chi connectivity index (χ1v) is 12.3. The maximum Gasteiger partial charge on any atom is 0.347 e. The first-order valence-electron chi connectivity index (χ1n) is 11.5. The third kappa shape index (κ3) is 3.80. The molecule has 9 nitrogen and oxygen atoms in total. The molecule has 1 saturated carbocycles. The Hall–Kier alpha value is -3.45. The van der Waals surface area contributed by atoms with Crippen LogP contribution in [0.4, 0.5) is 10.7 Å². The second kappa shape index (κ2) is 9.06. The molecule has 0 radical (unpaired) electrons. The number of carbonyl (C=O) groups excluding carboxylic acids is 1. The van der Waals surface area contributed by atoms with Crippen LogP contribution in [-0.2, 0) is 4.74 Å². The van der Waals surface area contributed by atoms with Gasteiger partial charge >= 0.3 is 11.7 Å². The van der Waals surface area contributed by atoms with Gasteiger partial charge in [0.15, 0.2) is 5.56 Å². The Morgan fingerprint density at radius 3 is 2.76 bits per heavy atom. The van der Waals surface area contributed by atoms with Crippen molar-refractivity contribution in [3.05, 3.63) is 40.2 Å². The number of ether oxygens (including phenoxy) is 1. The van der Waals surface area contributed by atoms with Crippen LogP contribution in [0.1, 0.15) is 54.9 Å². The number of imidazole rings is 1. The van der Waals surface area contributed by atoms with Gasteiger partial charge in [0.05, 0.1) is 41.4 Å². The van der Waals surface area contributed by atoms with Crippen molar-refractivity contribution in [3.8, 4) is 16.5 Å². The van der Waals surface area contributed by atoms with E-state index in [1.807, 2.05) is 29.4 Å². The van der Waals surface area contributed by atoms with E-state index >= 15 is 0 Å². The molecule has 2 aromatic heterocycles. The largest absolute Gasteiger partial charge is 0.465 e. The molecular weight excluding hydrogens is 454 g/mol. The van der Waals surface area contributed by atoms with E-state index in [1.165, 1.54) is 37.7 Å². The van der Waals surface area contributed by atoms with E-state index in [0.29, 0.717) is 41.0 Å². The number of methoxy groups -OCH3 is 1. The topological polar surface area (TPSA) is 114 Å². The van der Waals surface area contributed by atoms with E-state index in [0.717, 1.165) is 23.9 Å². The van der Waals surface area contributed by atoms with Crippen molar-refractivity contribution in [2.45, 2.75) is 44.6 Å². The monoisotopic (exact) mass is 479 g/mol. The Morgan fingerprint density at radius 2 is 2.09 bits per heavy atom. The van der Waals surface area contributed by atoms with Crippen LogP contribution in [0.25, 0.3) is 21.5 Å². The summed E-state index contributed by atoms with van der Waals surface area (Å²) >= 11 is 1.20. The van der Waals surface area contributed by atoms with Gasteiger partial charge in [0.2, 0.25) is 0 Å². The van der Waals surface area contributed by atoms with Gasteiger partial charge in [-0.1, -0.05) is 25.3 Å². The lowest BCUT2D eigenvalue weighted by atomic mass is 9.95. The number of aromatic nitrogens is 2. The van der Waals surface area contributed by atoms with E-state index in [2.05, 4.69) is 15.6 Å². The standard InChI is InChI=1S/C24H25N5O4S/c1-33-24(30)20-21(29(31)32)22(34-23(20)27-10-9-15(12-25)13-27)16-7-8-19-18(11-16)26-14-28(19)17-5-3-2-4-6-17/h7-8,11,14-15,17H,2-6,9-10,13H2,1H3. The molecule has 10 heteroatoms. The number of esters is 1. The second-order valence-corrected chi connectivity index (χ2v) is 9.92. The molecule has 1 unspecified atom stereocenters. The van der Waals surface area contributed by atoms with Gasteiger partial charge in [0.25, 0.3) is 0 Å². The van der Waals surface area contributed by atoms with Crippen LogP contribution in [0.15, 0.2) is 24.5 Å². The quantitative estimate of drug-likeness (QED) is 0.276. The summed E-state index contributed by atoms with van der Waals surface area (Å²) in [4.78, 5) is 31.2. The van der Waals surface area contributed by atoms with Gasteiger partial charge in [-0.05, 0) is 31.4 Å². The molecule has 5 rings (SSSR count). The minimum absolute atomic E-state index is 0.0427. The lowest BCUT2D eigenvalue weighted by molar-refractivity contribution is -0.384. The van der Waals surface area contributed by atoms with Crippen molar-refractivity contribution in [3.63, 3.8) is 0 Å². The van der Waals surface area contributed by atoms with Crippen molar-refractivity contribution in [1.29, 1.82) is 5.26 Å². The van der Waals surface area contributed by atoms with Crippen LogP contribution in [0.2, 0.25) is 0 Å². The Morgan fingerprint density at radius 1 is 1.29 bits per heavy atom. The first-order chi connectivity index (χ1) is 16.5. The SMILES string of the molecule is COC(=O)c1c(N2CCC(C#N)C2)sc(-c2ccc3c(c2)ncn3C2CCCCC2)c1[N+](=O)[O-]. The molecule has 34 heavy (non-hydrogen) atoms. The molecule has 0 spiro atoms. The van der Waals surface area contributed by atoms with Gasteiger partial charge in [-0.15, -0.1) is 11.3 Å². The Kier molecular flexibility index (Phi) is 5.96. The molecule has 2 aliphatic rings. The number of rotatable bonds is 5. The number of nitrogens with zero attached hydrogens (tertiary/aromatic N) is 5. The van der Waals surface area contributed by atoms with Crippen LogP contribution in [-0.4, -0.2) is 40.6 Å². The zero-order valence-corrected chi connectivity index (χ0v) is 19.7. The Balaban J connectivity index is 1.61. The minimum atomic E-state index is -0.743. The molecule has 1 aliphatic heterocycles. The van der Waals surface area contributed by atoms with E-state index in [4.69, 9.17) is 4.74 Å². The average molecular weight is 480 g/mol. The van der Waals surface area contributed by atoms with Crippen LogP contribution >= 0.6 is 11.3 Å². The van der Waals surface area contributed by atoms with E-state index in [9.17, 15) is 20.2 Å². The van der Waals surface area contributed by atoms with Crippen LogP contribution in [0, 0.1) is 27.4 Å². The van der Waals surface area contributed by atoms with Crippen molar-refractivity contribution >= 4 is 39.0 Å². The third-order valence-corrected chi connectivity index (χ3v) is 8.19. The van der Waals surface area contributed by atoms with Gasteiger partial charge in [-0.2, -0.15) is 5.26 Å². The van der Waals surface area contributed by atoms with Gasteiger partial charge in [0.1, 0.15) is 9.88 Å². The predicted octanol–water partition coefficient (Wildman–Crippen LogP) is 5.31. The maximum absolute atomic E-state index is 12.7. The van der Waals surface area contributed by atoms with Crippen molar-refractivity contribution in [2.24, 2.45) is 5.92 Å². The average Bonchev–Trinajstić information content (AvgIpc) is 3.59. The molecular formula is C24H25N5O4S. The molecule has 176 valence electrons. The summed E-state index contributed by atoms with van der Waals surface area (Å²) in [5, 5.41) is 22.0. The van der Waals surface area contributed by atoms with E-state index in [-0.39, 0.29) is 17.2 Å². The molecule has 0 bridgehead atoms. The zero-order chi connectivity index (χ0) is 23.8. The minimum Gasteiger partial charge on any atom is -0.465 e. The number of nitro groups is 1. The highest BCUT2D eigenvalue weighted by atomic mass is 32.1. The fraction of sp³-hybridized carbons (Fsp3) is 0.458.